The van der Waals surface area contributed by atoms with E-state index in [-0.39, 0.29) is 5.91 Å². The van der Waals surface area contributed by atoms with Crippen molar-refractivity contribution >= 4 is 5.91 Å². The Balaban J connectivity index is 2.36. The van der Waals surface area contributed by atoms with Gasteiger partial charge in [-0.05, 0) is 32.1 Å². The Bertz CT molecular complexity index is 217. The van der Waals surface area contributed by atoms with Crippen molar-refractivity contribution in [2.45, 2.75) is 38.3 Å². The molecule has 0 aliphatic heterocycles. The van der Waals surface area contributed by atoms with Crippen molar-refractivity contribution in [1.82, 2.24) is 4.90 Å². The summed E-state index contributed by atoms with van der Waals surface area (Å²) >= 11 is 0. The minimum atomic E-state index is -0.420. The van der Waals surface area contributed by atoms with Gasteiger partial charge in [-0.15, -0.1) is 0 Å². The van der Waals surface area contributed by atoms with Gasteiger partial charge in [-0.1, -0.05) is 0 Å². The van der Waals surface area contributed by atoms with Crippen LogP contribution in [-0.4, -0.2) is 43.7 Å². The van der Waals surface area contributed by atoms with Crippen LogP contribution in [0.15, 0.2) is 0 Å². The number of likely N-dealkylation sites (N-methyl/N-ethyl adjacent to an activating group) is 1. The molecule has 1 aliphatic carbocycles. The predicted octanol–water partition coefficient (Wildman–Crippen LogP) is 0.607. The lowest BCUT2D eigenvalue weighted by molar-refractivity contribution is -0.133. The molecule has 0 saturated heterocycles. The van der Waals surface area contributed by atoms with Gasteiger partial charge in [0.15, 0.2) is 0 Å². The van der Waals surface area contributed by atoms with Crippen LogP contribution in [0.3, 0.4) is 0 Å². The number of rotatable bonds is 6. The Morgan fingerprint density at radius 1 is 1.60 bits per heavy atom. The molecule has 0 heterocycles. The first-order valence-corrected chi connectivity index (χ1v) is 5.59. The number of hydrogen-bond acceptors (Lipinski definition) is 3. The molecule has 2 unspecified atom stereocenters. The van der Waals surface area contributed by atoms with Crippen LogP contribution < -0.4 is 5.73 Å². The second-order valence-electron chi connectivity index (χ2n) is 4.42. The van der Waals surface area contributed by atoms with E-state index in [1.54, 1.807) is 12.0 Å². The SMILES string of the molecule is COCCC(N)C(=O)N(C)C(C)C1CC1. The maximum Gasteiger partial charge on any atom is 0.239 e. The van der Waals surface area contributed by atoms with E-state index in [1.165, 1.54) is 12.8 Å². The summed E-state index contributed by atoms with van der Waals surface area (Å²) in [6, 6.07) is -0.0951. The molecule has 0 spiro atoms. The Morgan fingerprint density at radius 3 is 2.67 bits per heavy atom. The predicted molar refractivity (Wildman–Crippen MR) is 59.4 cm³/mol. The van der Waals surface area contributed by atoms with Crippen molar-refractivity contribution in [2.75, 3.05) is 20.8 Å². The van der Waals surface area contributed by atoms with E-state index in [0.717, 1.165) is 0 Å². The Hall–Kier alpha value is -0.610. The summed E-state index contributed by atoms with van der Waals surface area (Å²) in [5.41, 5.74) is 5.79. The second kappa shape index (κ2) is 5.47. The molecule has 1 aliphatic rings. The van der Waals surface area contributed by atoms with Crippen molar-refractivity contribution in [3.63, 3.8) is 0 Å². The fraction of sp³-hybridized carbons (Fsp3) is 0.909. The fourth-order valence-corrected chi connectivity index (χ4v) is 1.73. The third-order valence-corrected chi connectivity index (χ3v) is 3.21. The first-order valence-electron chi connectivity index (χ1n) is 5.59. The van der Waals surface area contributed by atoms with Crippen LogP contribution in [0.2, 0.25) is 0 Å². The molecule has 1 amide bonds. The standard InChI is InChI=1S/C11H22N2O2/c1-8(9-4-5-9)13(2)11(14)10(12)6-7-15-3/h8-10H,4-7,12H2,1-3H3. The topological polar surface area (TPSA) is 55.6 Å². The van der Waals surface area contributed by atoms with E-state index in [1.807, 2.05) is 7.05 Å². The smallest absolute Gasteiger partial charge is 0.239 e. The normalized spacial score (nSPS) is 19.7. The van der Waals surface area contributed by atoms with E-state index in [0.29, 0.717) is 25.0 Å². The van der Waals surface area contributed by atoms with Crippen LogP contribution in [-0.2, 0) is 9.53 Å². The highest BCUT2D eigenvalue weighted by molar-refractivity contribution is 5.81. The summed E-state index contributed by atoms with van der Waals surface area (Å²) in [5.74, 6) is 0.722. The molecule has 0 radical (unpaired) electrons. The zero-order chi connectivity index (χ0) is 11.4. The third-order valence-electron chi connectivity index (χ3n) is 3.21. The number of nitrogens with two attached hydrogens (primary N) is 1. The Kier molecular flexibility index (Phi) is 4.54. The third kappa shape index (κ3) is 3.47. The molecule has 4 heteroatoms. The van der Waals surface area contributed by atoms with Crippen LogP contribution in [0.5, 0.6) is 0 Å². The van der Waals surface area contributed by atoms with Gasteiger partial charge in [0, 0.05) is 26.8 Å². The molecule has 0 aromatic rings. The van der Waals surface area contributed by atoms with Crippen molar-refractivity contribution in [1.29, 1.82) is 0 Å². The average molecular weight is 214 g/mol. The molecule has 1 fully saturated rings. The number of hydrogen-bond donors (Lipinski definition) is 1. The number of carbonyl (C=O) groups excluding carboxylic acids is 1. The van der Waals surface area contributed by atoms with Gasteiger partial charge in [0.25, 0.3) is 0 Å². The Labute approximate surface area is 91.8 Å². The van der Waals surface area contributed by atoms with Crippen LogP contribution in [0.4, 0.5) is 0 Å². The van der Waals surface area contributed by atoms with Gasteiger partial charge in [0.1, 0.15) is 0 Å². The van der Waals surface area contributed by atoms with Crippen molar-refractivity contribution in [3.05, 3.63) is 0 Å². The number of amides is 1. The molecule has 2 N–H and O–H groups in total. The lowest BCUT2D eigenvalue weighted by Crippen LogP contribution is -2.46. The lowest BCUT2D eigenvalue weighted by Gasteiger charge is -2.27. The highest BCUT2D eigenvalue weighted by Gasteiger charge is 2.33. The fourth-order valence-electron chi connectivity index (χ4n) is 1.73. The zero-order valence-corrected chi connectivity index (χ0v) is 9.90. The molecule has 15 heavy (non-hydrogen) atoms. The molecule has 1 rings (SSSR count). The molecule has 0 aromatic heterocycles. The minimum Gasteiger partial charge on any atom is -0.385 e. The average Bonchev–Trinajstić information content (AvgIpc) is 3.06. The Morgan fingerprint density at radius 2 is 2.20 bits per heavy atom. The monoisotopic (exact) mass is 214 g/mol. The molecule has 2 atom stereocenters. The van der Waals surface area contributed by atoms with E-state index in [9.17, 15) is 4.79 Å². The van der Waals surface area contributed by atoms with E-state index in [2.05, 4.69) is 6.92 Å². The maximum atomic E-state index is 11.9. The molecule has 1 saturated carbocycles. The summed E-state index contributed by atoms with van der Waals surface area (Å²) < 4.78 is 4.91. The summed E-state index contributed by atoms with van der Waals surface area (Å²) in [7, 11) is 3.46. The van der Waals surface area contributed by atoms with Gasteiger partial charge < -0.3 is 15.4 Å². The van der Waals surface area contributed by atoms with Crippen molar-refractivity contribution in [3.8, 4) is 0 Å². The quantitative estimate of drug-likeness (QED) is 0.704. The largest absolute Gasteiger partial charge is 0.385 e. The van der Waals surface area contributed by atoms with Crippen LogP contribution in [0, 0.1) is 5.92 Å². The van der Waals surface area contributed by atoms with Crippen LogP contribution in [0.25, 0.3) is 0 Å². The first kappa shape index (κ1) is 12.5. The molecular weight excluding hydrogens is 192 g/mol. The van der Waals surface area contributed by atoms with E-state index < -0.39 is 6.04 Å². The molecule has 4 nitrogen and oxygen atoms in total. The minimum absolute atomic E-state index is 0.0338. The summed E-state index contributed by atoms with van der Waals surface area (Å²) in [4.78, 5) is 13.7. The molecule has 0 aromatic carbocycles. The van der Waals surface area contributed by atoms with Crippen LogP contribution >= 0.6 is 0 Å². The van der Waals surface area contributed by atoms with Gasteiger partial charge in [-0.2, -0.15) is 0 Å². The van der Waals surface area contributed by atoms with E-state index >= 15 is 0 Å². The number of carbonyl (C=O) groups is 1. The second-order valence-corrected chi connectivity index (χ2v) is 4.42. The van der Waals surface area contributed by atoms with Gasteiger partial charge in [0.2, 0.25) is 5.91 Å². The van der Waals surface area contributed by atoms with Gasteiger partial charge in [-0.25, -0.2) is 0 Å². The van der Waals surface area contributed by atoms with Gasteiger partial charge >= 0.3 is 0 Å². The zero-order valence-electron chi connectivity index (χ0n) is 9.90. The van der Waals surface area contributed by atoms with Crippen molar-refractivity contribution in [2.24, 2.45) is 11.7 Å². The molecule has 88 valence electrons. The maximum absolute atomic E-state index is 11.9. The van der Waals surface area contributed by atoms with Gasteiger partial charge in [0.05, 0.1) is 6.04 Å². The summed E-state index contributed by atoms with van der Waals surface area (Å²) in [5, 5.41) is 0. The molecule has 0 bridgehead atoms. The summed E-state index contributed by atoms with van der Waals surface area (Å²) in [6.07, 6.45) is 3.08. The lowest BCUT2D eigenvalue weighted by atomic mass is 10.1. The highest BCUT2D eigenvalue weighted by Crippen LogP contribution is 2.34. The van der Waals surface area contributed by atoms with Gasteiger partial charge in [-0.3, -0.25) is 4.79 Å². The van der Waals surface area contributed by atoms with E-state index in [4.69, 9.17) is 10.5 Å². The number of methoxy groups -OCH3 is 1. The molecular formula is C11H22N2O2. The number of nitrogens with zero attached hydrogens (tertiary/aromatic N) is 1. The summed E-state index contributed by atoms with van der Waals surface area (Å²) in [6.45, 7) is 2.64. The first-order chi connectivity index (χ1) is 7.07. The van der Waals surface area contributed by atoms with Crippen molar-refractivity contribution < 1.29 is 9.53 Å². The highest BCUT2D eigenvalue weighted by atomic mass is 16.5. The number of ether oxygens (including phenoxy) is 1. The van der Waals surface area contributed by atoms with Crippen LogP contribution in [0.1, 0.15) is 26.2 Å².